The molecule has 1 aliphatic carbocycles. The maximum atomic E-state index is 15.3. The highest BCUT2D eigenvalue weighted by atomic mass is 16.6. The molecule has 5 aliphatic heterocycles. The van der Waals surface area contributed by atoms with E-state index in [1.54, 1.807) is 7.11 Å². The van der Waals surface area contributed by atoms with Gasteiger partial charge in [-0.1, -0.05) is 44.2 Å². The highest BCUT2D eigenvalue weighted by Crippen LogP contribution is 2.68. The summed E-state index contributed by atoms with van der Waals surface area (Å²) in [6, 6.07) is 10.9. The Hall–Kier alpha value is -4.43. The van der Waals surface area contributed by atoms with E-state index < -0.39 is 58.0 Å². The van der Waals surface area contributed by atoms with Crippen molar-refractivity contribution in [1.29, 1.82) is 0 Å². The fraction of sp³-hybridized carbons (Fsp3) is 0.587. The van der Waals surface area contributed by atoms with Crippen LogP contribution in [0.1, 0.15) is 68.8 Å². The number of hydrogen-bond donors (Lipinski definition) is 3. The van der Waals surface area contributed by atoms with Crippen molar-refractivity contribution in [1.82, 2.24) is 14.8 Å². The van der Waals surface area contributed by atoms with E-state index in [9.17, 15) is 19.8 Å². The highest BCUT2D eigenvalue weighted by Gasteiger charge is 2.80. The maximum absolute atomic E-state index is 15.3. The number of methoxy groups -OCH3 is 3. The molecule has 1 spiro atoms. The van der Waals surface area contributed by atoms with Gasteiger partial charge in [-0.3, -0.25) is 14.5 Å². The average molecular weight is 811 g/mol. The summed E-state index contributed by atoms with van der Waals surface area (Å²) in [5.41, 5.74) is -0.857. The fourth-order valence-corrected chi connectivity index (χ4v) is 13.5. The van der Waals surface area contributed by atoms with Gasteiger partial charge in [-0.25, -0.2) is 4.79 Å². The quantitative estimate of drug-likeness (QED) is 0.181. The molecule has 9 rings (SSSR count). The third-order valence-corrected chi connectivity index (χ3v) is 15.7. The summed E-state index contributed by atoms with van der Waals surface area (Å²) in [5, 5.41) is 26.5. The SMILES string of the molecule is CCC1CN2CCc3c([nH]c4ccccc34)[C@@](C(=O)OC)(c3cc4c(cc3OC)N(C)C3[C@@](O)(C(=O)OC)C(OC(C)=O)[C@]5(CC)C=CCN6CC[C@]43C65)CC(C2)C1O. The van der Waals surface area contributed by atoms with Crippen LogP contribution < -0.4 is 9.64 Å². The van der Waals surface area contributed by atoms with Crippen molar-refractivity contribution in [2.75, 3.05) is 66.0 Å². The molecule has 2 saturated heterocycles. The Morgan fingerprint density at radius 3 is 2.44 bits per heavy atom. The van der Waals surface area contributed by atoms with Gasteiger partial charge < -0.3 is 43.9 Å². The van der Waals surface area contributed by atoms with Crippen LogP contribution in [0.15, 0.2) is 48.6 Å². The summed E-state index contributed by atoms with van der Waals surface area (Å²) in [6.07, 6.45) is 4.91. The zero-order chi connectivity index (χ0) is 41.8. The third-order valence-electron chi connectivity index (χ3n) is 15.7. The molecule has 59 heavy (non-hydrogen) atoms. The van der Waals surface area contributed by atoms with Crippen LogP contribution in [0.2, 0.25) is 0 Å². The van der Waals surface area contributed by atoms with Gasteiger partial charge in [0.25, 0.3) is 0 Å². The molecule has 2 aromatic carbocycles. The number of carbonyl (C=O) groups is 3. The number of rotatable bonds is 7. The van der Waals surface area contributed by atoms with Crippen molar-refractivity contribution in [3.8, 4) is 5.75 Å². The second-order valence-corrected chi connectivity index (χ2v) is 18.0. The maximum Gasteiger partial charge on any atom is 0.344 e. The number of piperidine rings is 1. The average Bonchev–Trinajstić information content (AvgIpc) is 3.91. The molecule has 13 nitrogen and oxygen atoms in total. The molecule has 0 radical (unpaired) electrons. The number of aliphatic hydroxyl groups is 2. The van der Waals surface area contributed by atoms with Crippen molar-refractivity contribution < 1.29 is 43.5 Å². The molecule has 3 aromatic rings. The topological polar surface area (TPSA) is 154 Å². The largest absolute Gasteiger partial charge is 0.496 e. The van der Waals surface area contributed by atoms with Gasteiger partial charge in [0, 0.05) is 90.9 Å². The number of para-hydroxylation sites is 1. The normalized spacial score (nSPS) is 37.0. The number of nitrogens with one attached hydrogen (secondary N) is 1. The first-order valence-corrected chi connectivity index (χ1v) is 21.3. The second-order valence-electron chi connectivity index (χ2n) is 18.0. The first kappa shape index (κ1) is 40.0. The van der Waals surface area contributed by atoms with Crippen LogP contribution in [-0.4, -0.2) is 134 Å². The molecular formula is C46H58N4O9. The second kappa shape index (κ2) is 14.1. The van der Waals surface area contributed by atoms with Gasteiger partial charge in [0.05, 0.1) is 33.5 Å². The molecule has 11 atom stereocenters. The van der Waals surface area contributed by atoms with Crippen molar-refractivity contribution in [2.45, 2.75) is 93.6 Å². The predicted octanol–water partition coefficient (Wildman–Crippen LogP) is 3.85. The van der Waals surface area contributed by atoms with E-state index in [0.29, 0.717) is 50.2 Å². The summed E-state index contributed by atoms with van der Waals surface area (Å²) in [7, 11) is 6.13. The molecule has 1 saturated carbocycles. The highest BCUT2D eigenvalue weighted by molar-refractivity contribution is 5.95. The van der Waals surface area contributed by atoms with Crippen molar-refractivity contribution in [3.63, 3.8) is 0 Å². The number of ether oxygens (including phenoxy) is 4. The first-order valence-electron chi connectivity index (χ1n) is 21.3. The number of carbonyl (C=O) groups excluding carboxylic acids is 3. The molecule has 2 bridgehead atoms. The van der Waals surface area contributed by atoms with E-state index in [4.69, 9.17) is 18.9 Å². The number of benzene rings is 2. The first-order chi connectivity index (χ1) is 28.3. The number of esters is 3. The summed E-state index contributed by atoms with van der Waals surface area (Å²) in [5.74, 6) is -1.78. The number of aromatic amines is 1. The number of aromatic nitrogens is 1. The number of aliphatic hydroxyl groups excluding tert-OH is 1. The summed E-state index contributed by atoms with van der Waals surface area (Å²) >= 11 is 0. The van der Waals surface area contributed by atoms with Crippen LogP contribution in [-0.2, 0) is 45.8 Å². The molecular weight excluding hydrogens is 753 g/mol. The van der Waals surface area contributed by atoms with Crippen LogP contribution in [0.5, 0.6) is 5.75 Å². The smallest absolute Gasteiger partial charge is 0.344 e. The number of likely N-dealkylation sites (N-methyl/N-ethyl adjacent to an activating group) is 1. The van der Waals surface area contributed by atoms with Crippen molar-refractivity contribution in [3.05, 3.63) is 70.9 Å². The number of H-pyrrole nitrogens is 1. The van der Waals surface area contributed by atoms with Crippen molar-refractivity contribution >= 4 is 34.5 Å². The Balaban J connectivity index is 1.37. The van der Waals surface area contributed by atoms with Crippen LogP contribution in [0.25, 0.3) is 10.9 Å². The van der Waals surface area contributed by atoms with Crippen LogP contribution in [0.4, 0.5) is 5.69 Å². The van der Waals surface area contributed by atoms with E-state index in [2.05, 4.69) is 39.9 Å². The zero-order valence-corrected chi connectivity index (χ0v) is 35.2. The minimum atomic E-state index is -2.31. The molecule has 1 aromatic heterocycles. The van der Waals surface area contributed by atoms with E-state index in [1.165, 1.54) is 21.1 Å². The molecule has 316 valence electrons. The summed E-state index contributed by atoms with van der Waals surface area (Å²) in [6.45, 7) is 8.89. The molecule has 0 amide bonds. The molecule has 3 fully saturated rings. The summed E-state index contributed by atoms with van der Waals surface area (Å²) < 4.78 is 23.9. The predicted molar refractivity (Wildman–Crippen MR) is 220 cm³/mol. The third kappa shape index (κ3) is 5.13. The van der Waals surface area contributed by atoms with E-state index in [-0.39, 0.29) is 24.3 Å². The lowest BCUT2D eigenvalue weighted by molar-refractivity contribution is -0.228. The molecule has 6 heterocycles. The Kier molecular flexibility index (Phi) is 9.54. The van der Waals surface area contributed by atoms with E-state index in [1.807, 2.05) is 49.2 Å². The number of nitrogens with zero attached hydrogens (tertiary/aromatic N) is 3. The van der Waals surface area contributed by atoms with Gasteiger partial charge >= 0.3 is 17.9 Å². The van der Waals surface area contributed by atoms with E-state index in [0.717, 1.165) is 52.9 Å². The monoisotopic (exact) mass is 810 g/mol. The Morgan fingerprint density at radius 2 is 1.75 bits per heavy atom. The lowest BCUT2D eigenvalue weighted by atomic mass is 9.47. The number of anilines is 1. The fourth-order valence-electron chi connectivity index (χ4n) is 13.5. The minimum Gasteiger partial charge on any atom is -0.496 e. The Morgan fingerprint density at radius 1 is 0.983 bits per heavy atom. The van der Waals surface area contributed by atoms with Crippen LogP contribution in [0.3, 0.4) is 0 Å². The number of fused-ring (bicyclic) bond motifs is 6. The number of hydrogen-bond acceptors (Lipinski definition) is 12. The van der Waals surface area contributed by atoms with Crippen molar-refractivity contribution in [2.24, 2.45) is 17.3 Å². The van der Waals surface area contributed by atoms with Gasteiger partial charge in [-0.2, -0.15) is 0 Å². The van der Waals surface area contributed by atoms with Gasteiger partial charge in [-0.15, -0.1) is 0 Å². The zero-order valence-electron chi connectivity index (χ0n) is 35.2. The molecule has 7 unspecified atom stereocenters. The lowest BCUT2D eigenvalue weighted by Crippen LogP contribution is -2.81. The molecule has 6 aliphatic rings. The Labute approximate surface area is 345 Å². The van der Waals surface area contributed by atoms with Gasteiger partial charge in [0.2, 0.25) is 5.60 Å². The summed E-state index contributed by atoms with van der Waals surface area (Å²) in [4.78, 5) is 53.2. The minimum absolute atomic E-state index is 0.0295. The van der Waals surface area contributed by atoms with Crippen LogP contribution in [0, 0.1) is 17.3 Å². The Bertz CT molecular complexity index is 2240. The molecule has 3 N–H and O–H groups in total. The van der Waals surface area contributed by atoms with Gasteiger partial charge in [0.15, 0.2) is 6.10 Å². The van der Waals surface area contributed by atoms with Crippen LogP contribution >= 0.6 is 0 Å². The molecule has 13 heteroatoms. The standard InChI is InChI=1S/C46H58N4O9/c1-8-27-24-49-19-15-30-29-13-10-11-14-33(29)47-37(30)45(41(53)57-6,23-28(25-49)36(27)52)32-21-31-34(22-35(32)56-5)48(4)39-44(31)17-20-50-18-12-16-43(9-2,38(44)50)40(59-26(3)51)46(39,55)42(54)58-7/h10-14,16,21-22,27-28,36,38-40,47,52,55H,8-9,15,17-20,23-25H2,1-7H3/t27?,28?,36?,38?,39?,40?,43-,44-,45+,46+/m1/s1. The van der Waals surface area contributed by atoms with Gasteiger partial charge in [-0.05, 0) is 73.7 Å². The van der Waals surface area contributed by atoms with Gasteiger partial charge in [0.1, 0.15) is 11.2 Å². The van der Waals surface area contributed by atoms with E-state index >= 15 is 4.79 Å². The lowest BCUT2D eigenvalue weighted by Gasteiger charge is -2.63.